The number of hydrogen-bond acceptors (Lipinski definition) is 2. The van der Waals surface area contributed by atoms with Gasteiger partial charge in [0, 0.05) is 15.4 Å². The molecule has 1 saturated heterocycles. The lowest BCUT2D eigenvalue weighted by Crippen LogP contribution is -2.21. The lowest BCUT2D eigenvalue weighted by Gasteiger charge is -1.91. The van der Waals surface area contributed by atoms with Crippen LogP contribution >= 0.6 is 0 Å². The quantitative estimate of drug-likeness (QED) is 0.432. The molecule has 0 spiro atoms. The zero-order valence-electron chi connectivity index (χ0n) is 3.78. The van der Waals surface area contributed by atoms with E-state index < -0.39 is 0 Å². The van der Waals surface area contributed by atoms with Crippen molar-refractivity contribution in [1.82, 2.24) is 5.32 Å². The first kappa shape index (κ1) is 4.09. The summed E-state index contributed by atoms with van der Waals surface area (Å²) in [6, 6.07) is 0.435. The highest BCUT2D eigenvalue weighted by molar-refractivity contribution is 4.72. The van der Waals surface area contributed by atoms with Crippen LogP contribution in [0.4, 0.5) is 0 Å². The monoisotopic (exact) mass is 90.1 g/mol. The zero-order valence-corrected chi connectivity index (χ0v) is 3.78. The third kappa shape index (κ3) is 0.698. The van der Waals surface area contributed by atoms with Crippen LogP contribution in [-0.4, -0.2) is 19.1 Å². The molecule has 1 aliphatic heterocycles. The lowest BCUT2D eigenvalue weighted by atomic mass is 10.3. The third-order valence-electron chi connectivity index (χ3n) is 1.10. The van der Waals surface area contributed by atoms with E-state index in [1.54, 1.807) is 0 Å². The van der Waals surface area contributed by atoms with Crippen LogP contribution < -0.4 is 11.1 Å². The molecule has 2 heteroatoms. The van der Waals surface area contributed by atoms with Crippen molar-refractivity contribution in [2.45, 2.75) is 12.5 Å². The molecule has 6 heavy (non-hydrogen) atoms. The van der Waals surface area contributed by atoms with Gasteiger partial charge >= 0.3 is 0 Å². The van der Waals surface area contributed by atoms with Crippen LogP contribution in [0, 0.1) is 0 Å². The van der Waals surface area contributed by atoms with Gasteiger partial charge in [-0.05, 0) is 13.0 Å². The Morgan fingerprint density at radius 2 is 2.67 bits per heavy atom. The van der Waals surface area contributed by atoms with Gasteiger partial charge in [-0.25, -0.2) is 0 Å². The van der Waals surface area contributed by atoms with Gasteiger partial charge < -0.3 is 11.1 Å². The van der Waals surface area contributed by atoms with Gasteiger partial charge in [0.1, 0.15) is 0 Å². The summed E-state index contributed by atoms with van der Waals surface area (Å²) in [6.45, 7) is 2.13. The summed E-state index contributed by atoms with van der Waals surface area (Å²) in [5.74, 6) is 0. The predicted molar refractivity (Wildman–Crippen MR) is 29.7 cm³/mol. The topological polar surface area (TPSA) is 38.0 Å². The molecule has 1 fully saturated rings. The van der Waals surface area contributed by atoms with E-state index in [-0.39, 0.29) is 2.85 Å². The van der Waals surface area contributed by atoms with Gasteiger partial charge in [-0.1, -0.05) is 0 Å². The first-order valence-corrected chi connectivity index (χ1v) is 2.36. The predicted octanol–water partition coefficient (Wildman–Crippen LogP) is -0.201. The van der Waals surface area contributed by atoms with Crippen LogP contribution in [0.1, 0.15) is 9.27 Å². The Labute approximate surface area is 40.7 Å². The van der Waals surface area contributed by atoms with Crippen LogP contribution in [0.2, 0.25) is 0 Å². The summed E-state index contributed by atoms with van der Waals surface area (Å²) < 4.78 is 0. The van der Waals surface area contributed by atoms with Gasteiger partial charge in [0.25, 0.3) is 0 Å². The summed E-state index contributed by atoms with van der Waals surface area (Å²) in [5.41, 5.74) is 5.47. The molecule has 1 rings (SSSR count). The van der Waals surface area contributed by atoms with Gasteiger partial charge in [-0.15, -0.1) is 0 Å². The fraction of sp³-hybridized carbons (Fsp3) is 1.00. The molecule has 2 nitrogen and oxygen atoms in total. The highest BCUT2D eigenvalue weighted by Crippen LogP contribution is 1.90. The Morgan fingerprint density at radius 1 is 1.83 bits per heavy atom. The third-order valence-corrected chi connectivity index (χ3v) is 1.10. The summed E-state index contributed by atoms with van der Waals surface area (Å²) in [5, 5.41) is 3.15. The zero-order chi connectivity index (χ0) is 4.41. The number of rotatable bonds is 0. The summed E-state index contributed by atoms with van der Waals surface area (Å²) in [6.07, 6.45) is 1.15. The fourth-order valence-electron chi connectivity index (χ4n) is 0.677. The normalized spacial score (nSPS) is 34.5. The SMILES string of the molecule is N[C@@H]1CCNC1.[HH].[HH]. The van der Waals surface area contributed by atoms with Crippen molar-refractivity contribution in [3.63, 3.8) is 0 Å². The smallest absolute Gasteiger partial charge is 0.0177 e. The van der Waals surface area contributed by atoms with Crippen molar-refractivity contribution in [3.05, 3.63) is 0 Å². The molecule has 1 heterocycles. The van der Waals surface area contributed by atoms with E-state index in [0.29, 0.717) is 6.04 Å². The molecule has 0 radical (unpaired) electrons. The highest BCUT2D eigenvalue weighted by Gasteiger charge is 2.06. The molecule has 40 valence electrons. The van der Waals surface area contributed by atoms with E-state index in [4.69, 9.17) is 5.73 Å². The summed E-state index contributed by atoms with van der Waals surface area (Å²) in [7, 11) is 0. The Kier molecular flexibility index (Phi) is 1.08. The average Bonchev–Trinajstić information content (AvgIpc) is 1.86. The number of nitrogens with two attached hydrogens (primary N) is 1. The second kappa shape index (κ2) is 1.58. The largest absolute Gasteiger partial charge is 0.327 e. The molecule has 1 atom stereocenters. The summed E-state index contributed by atoms with van der Waals surface area (Å²) >= 11 is 0. The van der Waals surface area contributed by atoms with E-state index in [1.807, 2.05) is 0 Å². The first-order valence-electron chi connectivity index (χ1n) is 2.36. The molecule has 3 N–H and O–H groups in total. The van der Waals surface area contributed by atoms with E-state index >= 15 is 0 Å². The summed E-state index contributed by atoms with van der Waals surface area (Å²) in [4.78, 5) is 0. The minimum atomic E-state index is 0. The van der Waals surface area contributed by atoms with Gasteiger partial charge in [0.2, 0.25) is 0 Å². The van der Waals surface area contributed by atoms with Gasteiger partial charge in [-0.3, -0.25) is 0 Å². The van der Waals surface area contributed by atoms with Crippen molar-refractivity contribution in [2.24, 2.45) is 5.73 Å². The molecule has 0 aliphatic carbocycles. The molecular formula is C4H14N2. The first-order chi connectivity index (χ1) is 2.89. The van der Waals surface area contributed by atoms with Crippen LogP contribution in [0.5, 0.6) is 0 Å². The molecule has 0 unspecified atom stereocenters. The Hall–Kier alpha value is -0.0800. The molecule has 1 aliphatic rings. The van der Waals surface area contributed by atoms with Gasteiger partial charge in [0.15, 0.2) is 0 Å². The van der Waals surface area contributed by atoms with Crippen LogP contribution in [0.15, 0.2) is 0 Å². The van der Waals surface area contributed by atoms with Crippen molar-refractivity contribution in [2.75, 3.05) is 13.1 Å². The van der Waals surface area contributed by atoms with E-state index in [0.717, 1.165) is 19.5 Å². The van der Waals surface area contributed by atoms with Crippen LogP contribution in [0.25, 0.3) is 0 Å². The second-order valence-corrected chi connectivity index (χ2v) is 1.75. The average molecular weight is 90.2 g/mol. The van der Waals surface area contributed by atoms with E-state index in [2.05, 4.69) is 5.32 Å². The van der Waals surface area contributed by atoms with E-state index in [9.17, 15) is 0 Å². The van der Waals surface area contributed by atoms with Crippen LogP contribution in [-0.2, 0) is 0 Å². The van der Waals surface area contributed by atoms with Crippen molar-refractivity contribution < 1.29 is 2.85 Å². The lowest BCUT2D eigenvalue weighted by molar-refractivity contribution is 0.742. The molecule has 0 bridgehead atoms. The molecule has 0 aromatic rings. The fourth-order valence-corrected chi connectivity index (χ4v) is 0.677. The standard InChI is InChI=1S/C4H10N2.2H2/c5-4-1-2-6-3-4;;/h4,6H,1-3,5H2;2*1H/t4-;;/m1../s1. The van der Waals surface area contributed by atoms with Crippen molar-refractivity contribution in [1.29, 1.82) is 0 Å². The number of nitrogens with one attached hydrogen (secondary N) is 1. The van der Waals surface area contributed by atoms with Gasteiger partial charge in [-0.2, -0.15) is 0 Å². The molecule has 0 aromatic heterocycles. The number of hydrogen-bond donors (Lipinski definition) is 2. The van der Waals surface area contributed by atoms with Crippen molar-refractivity contribution in [3.8, 4) is 0 Å². The Balaban J connectivity index is 0. The minimum Gasteiger partial charge on any atom is -0.327 e. The molecular weight excluding hydrogens is 76.1 g/mol. The Morgan fingerprint density at radius 3 is 2.83 bits per heavy atom. The van der Waals surface area contributed by atoms with Crippen molar-refractivity contribution >= 4 is 0 Å². The van der Waals surface area contributed by atoms with Crippen LogP contribution in [0.3, 0.4) is 0 Å². The Bertz CT molecular complexity index is 45.3. The second-order valence-electron chi connectivity index (χ2n) is 1.75. The maximum Gasteiger partial charge on any atom is 0.0177 e. The highest BCUT2D eigenvalue weighted by atomic mass is 14.9. The maximum atomic E-state index is 5.47. The molecule has 0 amide bonds. The molecule has 0 aromatic carbocycles. The maximum absolute atomic E-state index is 5.47. The minimum absolute atomic E-state index is 0. The molecule has 0 saturated carbocycles. The van der Waals surface area contributed by atoms with Gasteiger partial charge in [0.05, 0.1) is 0 Å². The van der Waals surface area contributed by atoms with E-state index in [1.165, 1.54) is 0 Å².